The maximum absolute atomic E-state index is 13.2. The third-order valence-electron chi connectivity index (χ3n) is 5.97. The van der Waals surface area contributed by atoms with Gasteiger partial charge in [0.05, 0.1) is 23.0 Å². The molecule has 8 nitrogen and oxygen atoms in total. The minimum absolute atomic E-state index is 0.00156. The van der Waals surface area contributed by atoms with E-state index in [1.807, 2.05) is 35.7 Å². The number of amides is 1. The summed E-state index contributed by atoms with van der Waals surface area (Å²) in [4.78, 5) is 15.9. The summed E-state index contributed by atoms with van der Waals surface area (Å²) in [7, 11) is 0. The number of ether oxygens (including phenoxy) is 1. The lowest BCUT2D eigenvalue weighted by atomic mass is 9.97. The lowest BCUT2D eigenvalue weighted by Gasteiger charge is -2.32. The molecule has 36 heavy (non-hydrogen) atoms. The van der Waals surface area contributed by atoms with E-state index in [1.165, 1.54) is 12.1 Å². The summed E-state index contributed by atoms with van der Waals surface area (Å²) in [5.41, 5.74) is 2.29. The van der Waals surface area contributed by atoms with Crippen molar-refractivity contribution in [2.45, 2.75) is 12.8 Å². The van der Waals surface area contributed by atoms with Crippen LogP contribution in [0.4, 0.5) is 10.2 Å². The van der Waals surface area contributed by atoms with Gasteiger partial charge in [0.2, 0.25) is 11.8 Å². The van der Waals surface area contributed by atoms with Crippen molar-refractivity contribution in [3.63, 3.8) is 0 Å². The Morgan fingerprint density at radius 3 is 2.58 bits per heavy atom. The van der Waals surface area contributed by atoms with Gasteiger partial charge in [-0.2, -0.15) is 0 Å². The van der Waals surface area contributed by atoms with Gasteiger partial charge in [-0.05, 0) is 66.8 Å². The fourth-order valence-electron chi connectivity index (χ4n) is 4.09. The van der Waals surface area contributed by atoms with Gasteiger partial charge in [-0.25, -0.2) is 4.39 Å². The Bertz CT molecular complexity index is 1270. The highest BCUT2D eigenvalue weighted by Crippen LogP contribution is 2.24. The van der Waals surface area contributed by atoms with Crippen molar-refractivity contribution in [2.24, 2.45) is 5.92 Å². The maximum atomic E-state index is 13.2. The highest BCUT2D eigenvalue weighted by molar-refractivity contribution is 7.13. The first-order valence-corrected chi connectivity index (χ1v) is 12.7. The largest absolute Gasteiger partial charge is 0.475 e. The van der Waals surface area contributed by atoms with E-state index in [4.69, 9.17) is 4.74 Å². The fourth-order valence-corrected chi connectivity index (χ4v) is 4.79. The number of hydrogen-bond acceptors (Lipinski definition) is 8. The molecule has 1 unspecified atom stereocenters. The Morgan fingerprint density at radius 1 is 1.03 bits per heavy atom. The van der Waals surface area contributed by atoms with E-state index >= 15 is 0 Å². The topological polar surface area (TPSA) is 93.1 Å². The molecule has 0 saturated carbocycles. The second-order valence-electron chi connectivity index (χ2n) is 8.44. The van der Waals surface area contributed by atoms with Crippen LogP contribution in [0, 0.1) is 11.7 Å². The molecule has 4 aromatic rings. The van der Waals surface area contributed by atoms with E-state index in [-0.39, 0.29) is 17.6 Å². The van der Waals surface area contributed by atoms with Crippen molar-refractivity contribution in [3.8, 4) is 27.7 Å². The summed E-state index contributed by atoms with van der Waals surface area (Å²) in [6.07, 6.45) is 1.71. The number of carbonyl (C=O) groups excluding carboxylic acids is 1. The molecule has 1 aromatic carbocycles. The van der Waals surface area contributed by atoms with Gasteiger partial charge in [-0.3, -0.25) is 4.79 Å². The summed E-state index contributed by atoms with van der Waals surface area (Å²) < 4.78 is 18.8. The van der Waals surface area contributed by atoms with E-state index in [2.05, 4.69) is 30.6 Å². The molecule has 1 saturated heterocycles. The summed E-state index contributed by atoms with van der Waals surface area (Å²) in [6.45, 7) is 2.09. The van der Waals surface area contributed by atoms with Crippen LogP contribution in [-0.2, 0) is 4.79 Å². The molecule has 1 fully saturated rings. The first-order chi connectivity index (χ1) is 17.7. The predicted molar refractivity (Wildman–Crippen MR) is 136 cm³/mol. The standard InChI is InChI=1S/C26H25FN6O2S/c27-20-7-5-18(6-8-20)21-9-11-24(31-29-21)33-14-1-3-19(17-33)26(34)28-13-15-35-25-12-10-22(30-32-25)23-4-2-16-36-23/h2,4-12,16,19H,1,3,13-15,17H2,(H,28,34). The third kappa shape index (κ3) is 5.83. The molecular formula is C26H25FN6O2S. The minimum Gasteiger partial charge on any atom is -0.475 e. The predicted octanol–water partition coefficient (Wildman–Crippen LogP) is 4.21. The van der Waals surface area contributed by atoms with Gasteiger partial charge in [-0.15, -0.1) is 31.7 Å². The van der Waals surface area contributed by atoms with Crippen molar-refractivity contribution >= 4 is 23.1 Å². The zero-order valence-electron chi connectivity index (χ0n) is 19.5. The number of piperidine rings is 1. The highest BCUT2D eigenvalue weighted by atomic mass is 32.1. The Labute approximate surface area is 212 Å². The van der Waals surface area contributed by atoms with Crippen LogP contribution in [0.3, 0.4) is 0 Å². The summed E-state index contributed by atoms with van der Waals surface area (Å²) in [6, 6.07) is 17.5. The van der Waals surface area contributed by atoms with Gasteiger partial charge in [-0.1, -0.05) is 6.07 Å². The Kier molecular flexibility index (Phi) is 7.41. The number of thiophene rings is 1. The van der Waals surface area contributed by atoms with Gasteiger partial charge in [0.1, 0.15) is 18.1 Å². The van der Waals surface area contributed by atoms with Crippen molar-refractivity contribution < 1.29 is 13.9 Å². The number of hydrogen-bond donors (Lipinski definition) is 1. The number of rotatable bonds is 8. The number of carbonyl (C=O) groups is 1. The summed E-state index contributed by atoms with van der Waals surface area (Å²) in [5, 5.41) is 21.9. The molecule has 3 aromatic heterocycles. The van der Waals surface area contributed by atoms with Crippen LogP contribution in [0.2, 0.25) is 0 Å². The quantitative estimate of drug-likeness (QED) is 0.359. The Balaban J connectivity index is 1.08. The summed E-state index contributed by atoms with van der Waals surface area (Å²) in [5.74, 6) is 0.729. The molecule has 4 heterocycles. The molecule has 184 valence electrons. The molecule has 5 rings (SSSR count). The first-order valence-electron chi connectivity index (χ1n) is 11.8. The Morgan fingerprint density at radius 2 is 1.86 bits per heavy atom. The third-order valence-corrected chi connectivity index (χ3v) is 6.86. The van der Waals surface area contributed by atoms with Crippen LogP contribution < -0.4 is 15.0 Å². The van der Waals surface area contributed by atoms with Crippen LogP contribution in [-0.4, -0.2) is 52.5 Å². The second kappa shape index (κ2) is 11.2. The Hall–Kier alpha value is -3.92. The summed E-state index contributed by atoms with van der Waals surface area (Å²) >= 11 is 1.61. The second-order valence-corrected chi connectivity index (χ2v) is 9.39. The van der Waals surface area contributed by atoms with Crippen LogP contribution in [0.1, 0.15) is 12.8 Å². The van der Waals surface area contributed by atoms with Gasteiger partial charge >= 0.3 is 0 Å². The van der Waals surface area contributed by atoms with Crippen LogP contribution in [0.15, 0.2) is 66.0 Å². The van der Waals surface area contributed by atoms with E-state index in [9.17, 15) is 9.18 Å². The molecule has 10 heteroatoms. The molecule has 1 aliphatic rings. The van der Waals surface area contributed by atoms with Crippen molar-refractivity contribution in [3.05, 3.63) is 71.9 Å². The van der Waals surface area contributed by atoms with E-state index in [0.29, 0.717) is 31.3 Å². The number of aromatic nitrogens is 4. The van der Waals surface area contributed by atoms with Gasteiger partial charge in [0.15, 0.2) is 5.82 Å². The van der Waals surface area contributed by atoms with Gasteiger partial charge in [0, 0.05) is 24.7 Å². The molecular weight excluding hydrogens is 479 g/mol. The van der Waals surface area contributed by atoms with E-state index in [1.54, 1.807) is 29.5 Å². The zero-order chi connectivity index (χ0) is 24.7. The fraction of sp³-hybridized carbons (Fsp3) is 0.269. The SMILES string of the molecule is O=C(NCCOc1ccc(-c2cccs2)nn1)C1CCCN(c2ccc(-c3ccc(F)cc3)nn2)C1. The van der Waals surface area contributed by atoms with Crippen LogP contribution >= 0.6 is 11.3 Å². The van der Waals surface area contributed by atoms with Crippen molar-refractivity contribution in [1.82, 2.24) is 25.7 Å². The molecule has 1 N–H and O–H groups in total. The number of nitrogens with one attached hydrogen (secondary N) is 1. The number of anilines is 1. The molecule has 0 spiro atoms. The molecule has 0 aliphatic carbocycles. The van der Waals surface area contributed by atoms with E-state index < -0.39 is 0 Å². The molecule has 1 aliphatic heterocycles. The van der Waals surface area contributed by atoms with Crippen molar-refractivity contribution in [2.75, 3.05) is 31.1 Å². The van der Waals surface area contributed by atoms with E-state index in [0.717, 1.165) is 41.3 Å². The zero-order valence-corrected chi connectivity index (χ0v) is 20.3. The lowest BCUT2D eigenvalue weighted by molar-refractivity contribution is -0.125. The smallest absolute Gasteiger partial charge is 0.233 e. The maximum Gasteiger partial charge on any atom is 0.233 e. The normalized spacial score (nSPS) is 15.5. The monoisotopic (exact) mass is 504 g/mol. The molecule has 0 bridgehead atoms. The first kappa shape index (κ1) is 23.8. The molecule has 0 radical (unpaired) electrons. The van der Waals surface area contributed by atoms with Crippen LogP contribution in [0.25, 0.3) is 21.8 Å². The average Bonchev–Trinajstić information content (AvgIpc) is 3.47. The highest BCUT2D eigenvalue weighted by Gasteiger charge is 2.26. The van der Waals surface area contributed by atoms with Crippen LogP contribution in [0.5, 0.6) is 5.88 Å². The molecule has 1 atom stereocenters. The number of halogens is 1. The number of nitrogens with zero attached hydrogens (tertiary/aromatic N) is 5. The average molecular weight is 505 g/mol. The van der Waals surface area contributed by atoms with Gasteiger partial charge < -0.3 is 15.0 Å². The number of benzene rings is 1. The molecule has 1 amide bonds. The minimum atomic E-state index is -0.287. The van der Waals surface area contributed by atoms with Gasteiger partial charge in [0.25, 0.3) is 0 Å². The van der Waals surface area contributed by atoms with Crippen molar-refractivity contribution in [1.29, 1.82) is 0 Å². The lowest BCUT2D eigenvalue weighted by Crippen LogP contribution is -2.44.